The van der Waals surface area contributed by atoms with Crippen molar-refractivity contribution in [3.8, 4) is 0 Å². The topological polar surface area (TPSA) is 153 Å². The van der Waals surface area contributed by atoms with Crippen LogP contribution in [0.1, 0.15) is 30.6 Å². The van der Waals surface area contributed by atoms with Crippen LogP contribution in [0.5, 0.6) is 0 Å². The second-order valence-electron chi connectivity index (χ2n) is 4.68. The van der Waals surface area contributed by atoms with Crippen molar-refractivity contribution >= 4 is 31.8 Å². The van der Waals surface area contributed by atoms with E-state index in [2.05, 4.69) is 9.50 Å². The number of anilines is 1. The van der Waals surface area contributed by atoms with E-state index in [1.54, 1.807) is 6.07 Å². The van der Waals surface area contributed by atoms with Gasteiger partial charge in [-0.25, -0.2) is 12.6 Å². The summed E-state index contributed by atoms with van der Waals surface area (Å²) >= 11 is 0. The number of rotatable bonds is 7. The Labute approximate surface area is 134 Å². The lowest BCUT2D eigenvalue weighted by atomic mass is 10.2. The summed E-state index contributed by atoms with van der Waals surface area (Å²) in [7, 11) is -9.16. The van der Waals surface area contributed by atoms with Gasteiger partial charge in [0, 0.05) is 11.3 Å². The van der Waals surface area contributed by atoms with Crippen molar-refractivity contribution in [2.45, 2.75) is 31.1 Å². The molecule has 0 fully saturated rings. The molecule has 0 aliphatic carbocycles. The number of hydrogen-bond acceptors (Lipinski definition) is 7. The average Bonchev–Trinajstić information content (AvgIpc) is 2.42. The molecule has 11 heteroatoms. The van der Waals surface area contributed by atoms with Crippen molar-refractivity contribution in [2.24, 2.45) is 0 Å². The standard InChI is InChI=1S/C12H18N2O7S2/c1-3-11(22(16,17)8(2)21-23(18,19)20)14-12(15)9-5-4-6-10(13)7-9/h4-8,11H,3,13H2,1-2H3,(H,14,15)(H,18,19,20). The minimum absolute atomic E-state index is 0.0322. The summed E-state index contributed by atoms with van der Waals surface area (Å²) in [5.74, 6) is -0.688. The second-order valence-corrected chi connectivity index (χ2v) is 8.14. The molecule has 0 heterocycles. The van der Waals surface area contributed by atoms with Gasteiger partial charge in [0.2, 0.25) is 0 Å². The molecule has 0 spiro atoms. The number of nitrogens with one attached hydrogen (secondary N) is 1. The molecule has 1 amide bonds. The molecular weight excluding hydrogens is 348 g/mol. The summed E-state index contributed by atoms with van der Waals surface area (Å²) < 4.78 is 58.4. The fourth-order valence-electron chi connectivity index (χ4n) is 1.78. The molecule has 9 nitrogen and oxygen atoms in total. The van der Waals surface area contributed by atoms with Crippen LogP contribution in [0, 0.1) is 0 Å². The van der Waals surface area contributed by atoms with E-state index in [4.69, 9.17) is 10.3 Å². The normalized spacial score (nSPS) is 14.9. The van der Waals surface area contributed by atoms with Crippen LogP contribution in [0.25, 0.3) is 0 Å². The van der Waals surface area contributed by atoms with Crippen molar-refractivity contribution < 1.29 is 30.4 Å². The fraction of sp³-hybridized carbons (Fsp3) is 0.417. The van der Waals surface area contributed by atoms with Crippen molar-refractivity contribution in [1.82, 2.24) is 5.32 Å². The molecule has 0 aromatic heterocycles. The molecule has 1 aromatic carbocycles. The molecular formula is C12H18N2O7S2. The molecule has 4 N–H and O–H groups in total. The van der Waals surface area contributed by atoms with Crippen LogP contribution < -0.4 is 11.1 Å². The lowest BCUT2D eigenvalue weighted by molar-refractivity contribution is 0.0947. The summed E-state index contributed by atoms with van der Waals surface area (Å²) in [6.07, 6.45) is -0.0322. The molecule has 1 rings (SSSR count). The molecule has 130 valence electrons. The molecule has 0 bridgehead atoms. The van der Waals surface area contributed by atoms with Crippen molar-refractivity contribution in [2.75, 3.05) is 5.73 Å². The molecule has 0 saturated heterocycles. The van der Waals surface area contributed by atoms with Gasteiger partial charge in [-0.3, -0.25) is 9.35 Å². The maximum absolute atomic E-state index is 12.2. The zero-order valence-corrected chi connectivity index (χ0v) is 14.1. The second kappa shape index (κ2) is 7.25. The smallest absolute Gasteiger partial charge is 0.398 e. The first kappa shape index (κ1) is 19.4. The van der Waals surface area contributed by atoms with Crippen LogP contribution in [0.3, 0.4) is 0 Å². The third-order valence-corrected chi connectivity index (χ3v) is 5.85. The first-order valence-electron chi connectivity index (χ1n) is 6.52. The Hall–Kier alpha value is -1.69. The maximum Gasteiger partial charge on any atom is 0.398 e. The van der Waals surface area contributed by atoms with Crippen LogP contribution in [0.2, 0.25) is 0 Å². The fourth-order valence-corrected chi connectivity index (χ4v) is 4.06. The summed E-state index contributed by atoms with van der Waals surface area (Å²) in [5.41, 5.74) is 4.18. The molecule has 1 aromatic rings. The Bertz CT molecular complexity index is 774. The number of amides is 1. The van der Waals surface area contributed by atoms with Crippen LogP contribution >= 0.6 is 0 Å². The van der Waals surface area contributed by atoms with Gasteiger partial charge in [0.15, 0.2) is 15.3 Å². The number of nitrogens with two attached hydrogens (primary N) is 1. The van der Waals surface area contributed by atoms with E-state index in [-0.39, 0.29) is 12.0 Å². The van der Waals surface area contributed by atoms with Gasteiger partial charge in [0.25, 0.3) is 5.91 Å². The van der Waals surface area contributed by atoms with Gasteiger partial charge in [-0.1, -0.05) is 13.0 Å². The first-order valence-corrected chi connectivity index (χ1v) is 9.49. The highest BCUT2D eigenvalue weighted by molar-refractivity contribution is 7.93. The number of carbonyl (C=O) groups excluding carboxylic acids is 1. The van der Waals surface area contributed by atoms with Gasteiger partial charge in [-0.2, -0.15) is 8.42 Å². The quantitative estimate of drug-likeness (QED) is 0.460. The van der Waals surface area contributed by atoms with Crippen LogP contribution in [0.15, 0.2) is 24.3 Å². The molecule has 0 saturated carbocycles. The molecule has 0 aliphatic rings. The van der Waals surface area contributed by atoms with Gasteiger partial charge < -0.3 is 11.1 Å². The monoisotopic (exact) mass is 366 g/mol. The first-order chi connectivity index (χ1) is 10.5. The molecule has 0 radical (unpaired) electrons. The van der Waals surface area contributed by atoms with Crippen LogP contribution in [-0.2, 0) is 24.4 Å². The van der Waals surface area contributed by atoms with E-state index in [9.17, 15) is 21.6 Å². The summed E-state index contributed by atoms with van der Waals surface area (Å²) in [5, 5.41) is 0.883. The van der Waals surface area contributed by atoms with Gasteiger partial charge in [0.1, 0.15) is 5.37 Å². The van der Waals surface area contributed by atoms with E-state index < -0.39 is 37.0 Å². The molecule has 2 atom stereocenters. The lowest BCUT2D eigenvalue weighted by Crippen LogP contribution is -2.45. The Morgan fingerprint density at radius 2 is 1.96 bits per heavy atom. The minimum Gasteiger partial charge on any atom is -0.399 e. The average molecular weight is 366 g/mol. The Balaban J connectivity index is 2.97. The summed E-state index contributed by atoms with van der Waals surface area (Å²) in [6, 6.07) is 5.91. The maximum atomic E-state index is 12.2. The highest BCUT2D eigenvalue weighted by Crippen LogP contribution is 2.15. The van der Waals surface area contributed by atoms with Gasteiger partial charge in [-0.05, 0) is 31.5 Å². The predicted molar refractivity (Wildman–Crippen MR) is 83.4 cm³/mol. The number of hydrogen-bond donors (Lipinski definition) is 3. The van der Waals surface area contributed by atoms with Crippen molar-refractivity contribution in [3.63, 3.8) is 0 Å². The van der Waals surface area contributed by atoms with Gasteiger partial charge in [0.05, 0.1) is 0 Å². The van der Waals surface area contributed by atoms with Crippen LogP contribution in [-0.4, -0.2) is 38.1 Å². The lowest BCUT2D eigenvalue weighted by Gasteiger charge is -2.21. The predicted octanol–water partition coefficient (Wildman–Crippen LogP) is 0.315. The Kier molecular flexibility index (Phi) is 6.11. The van der Waals surface area contributed by atoms with Gasteiger partial charge >= 0.3 is 10.4 Å². The van der Waals surface area contributed by atoms with Crippen molar-refractivity contribution in [1.29, 1.82) is 0 Å². The van der Waals surface area contributed by atoms with E-state index in [1.165, 1.54) is 25.1 Å². The summed E-state index contributed by atoms with van der Waals surface area (Å²) in [6.45, 7) is 2.43. The highest BCUT2D eigenvalue weighted by atomic mass is 32.3. The van der Waals surface area contributed by atoms with Crippen LogP contribution in [0.4, 0.5) is 5.69 Å². The number of sulfone groups is 1. The number of benzene rings is 1. The number of nitrogen functional groups attached to an aromatic ring is 1. The Morgan fingerprint density at radius 3 is 2.43 bits per heavy atom. The highest BCUT2D eigenvalue weighted by Gasteiger charge is 2.34. The van der Waals surface area contributed by atoms with E-state index in [1.807, 2.05) is 0 Å². The molecule has 2 unspecified atom stereocenters. The molecule has 23 heavy (non-hydrogen) atoms. The minimum atomic E-state index is -4.94. The molecule has 0 aliphatic heterocycles. The third kappa shape index (κ3) is 5.46. The van der Waals surface area contributed by atoms with E-state index >= 15 is 0 Å². The third-order valence-electron chi connectivity index (χ3n) is 2.93. The zero-order chi connectivity index (χ0) is 17.8. The zero-order valence-electron chi connectivity index (χ0n) is 12.5. The Morgan fingerprint density at radius 1 is 1.35 bits per heavy atom. The van der Waals surface area contributed by atoms with Gasteiger partial charge in [-0.15, -0.1) is 0 Å². The van der Waals surface area contributed by atoms with E-state index in [0.29, 0.717) is 5.69 Å². The van der Waals surface area contributed by atoms with E-state index in [0.717, 1.165) is 6.92 Å². The van der Waals surface area contributed by atoms with Crippen molar-refractivity contribution in [3.05, 3.63) is 29.8 Å². The number of carbonyl (C=O) groups is 1. The summed E-state index contributed by atoms with van der Waals surface area (Å²) in [4.78, 5) is 12.1. The largest absolute Gasteiger partial charge is 0.399 e. The SMILES string of the molecule is CCC(NC(=O)c1cccc(N)c1)S(=O)(=O)C(C)OS(=O)(=O)O.